The number of halogens is 1. The molecule has 0 fully saturated rings. The van der Waals surface area contributed by atoms with Crippen LogP contribution in [0, 0.1) is 0 Å². The van der Waals surface area contributed by atoms with Crippen LogP contribution in [0.4, 0.5) is 0 Å². The fraction of sp³-hybridized carbons (Fsp3) is 0.600. The summed E-state index contributed by atoms with van der Waals surface area (Å²) in [6, 6.07) is 5.92. The molecule has 1 atom stereocenters. The van der Waals surface area contributed by atoms with Gasteiger partial charge in [-0.1, -0.05) is 25.4 Å². The highest BCUT2D eigenvalue weighted by Gasteiger charge is 2.15. The van der Waals surface area contributed by atoms with Crippen molar-refractivity contribution in [2.75, 3.05) is 13.2 Å². The molecule has 0 saturated carbocycles. The smallest absolute Gasteiger partial charge is 0.122 e. The number of hydrogen-bond acceptors (Lipinski definition) is 2. The topological polar surface area (TPSA) is 35.2 Å². The maximum absolute atomic E-state index is 6.11. The van der Waals surface area contributed by atoms with Crippen LogP contribution in [0.2, 0.25) is 5.02 Å². The summed E-state index contributed by atoms with van der Waals surface area (Å²) < 4.78 is 5.81. The fourth-order valence-corrected chi connectivity index (χ4v) is 2.31. The van der Waals surface area contributed by atoms with Crippen molar-refractivity contribution in [1.29, 1.82) is 0 Å². The molecule has 3 heteroatoms. The SMILES string of the molecule is CCCOc1ccc(Cl)cc1C(CC)CCCN. The Morgan fingerprint density at radius 2 is 2.11 bits per heavy atom. The molecular formula is C15H24ClNO. The molecule has 2 nitrogen and oxygen atoms in total. The van der Waals surface area contributed by atoms with E-state index in [1.807, 2.05) is 18.2 Å². The summed E-state index contributed by atoms with van der Waals surface area (Å²) in [5.41, 5.74) is 6.83. The van der Waals surface area contributed by atoms with Crippen molar-refractivity contribution in [3.05, 3.63) is 28.8 Å². The molecule has 0 heterocycles. The van der Waals surface area contributed by atoms with E-state index >= 15 is 0 Å². The van der Waals surface area contributed by atoms with E-state index in [2.05, 4.69) is 13.8 Å². The molecule has 0 aliphatic carbocycles. The Bertz CT molecular complexity index is 354. The average Bonchev–Trinajstić information content (AvgIpc) is 2.38. The second-order valence-corrected chi connectivity index (χ2v) is 5.00. The summed E-state index contributed by atoms with van der Waals surface area (Å²) in [5.74, 6) is 1.46. The van der Waals surface area contributed by atoms with Gasteiger partial charge in [0.25, 0.3) is 0 Å². The van der Waals surface area contributed by atoms with E-state index in [9.17, 15) is 0 Å². The minimum Gasteiger partial charge on any atom is -0.493 e. The van der Waals surface area contributed by atoms with Crippen LogP contribution in [0.5, 0.6) is 5.75 Å². The summed E-state index contributed by atoms with van der Waals surface area (Å²) in [7, 11) is 0. The molecular weight excluding hydrogens is 246 g/mol. The van der Waals surface area contributed by atoms with Crippen LogP contribution in [0.25, 0.3) is 0 Å². The van der Waals surface area contributed by atoms with E-state index < -0.39 is 0 Å². The van der Waals surface area contributed by atoms with Crippen molar-refractivity contribution >= 4 is 11.6 Å². The van der Waals surface area contributed by atoms with Gasteiger partial charge in [-0.25, -0.2) is 0 Å². The Kier molecular flexibility index (Phi) is 7.14. The van der Waals surface area contributed by atoms with Gasteiger partial charge >= 0.3 is 0 Å². The van der Waals surface area contributed by atoms with E-state index in [1.165, 1.54) is 5.56 Å². The van der Waals surface area contributed by atoms with Crippen LogP contribution in [0.1, 0.15) is 51.0 Å². The maximum Gasteiger partial charge on any atom is 0.122 e. The Hall–Kier alpha value is -0.730. The zero-order chi connectivity index (χ0) is 13.4. The van der Waals surface area contributed by atoms with Gasteiger partial charge in [-0.3, -0.25) is 0 Å². The first-order valence-corrected chi connectivity index (χ1v) is 7.23. The van der Waals surface area contributed by atoms with Gasteiger partial charge in [-0.05, 0) is 61.9 Å². The number of rotatable bonds is 8. The number of ether oxygens (including phenoxy) is 1. The van der Waals surface area contributed by atoms with E-state index in [0.29, 0.717) is 5.92 Å². The van der Waals surface area contributed by atoms with Crippen LogP contribution in [0.15, 0.2) is 18.2 Å². The summed E-state index contributed by atoms with van der Waals surface area (Å²) in [6.07, 6.45) is 4.23. The molecule has 0 radical (unpaired) electrons. The largest absolute Gasteiger partial charge is 0.493 e. The number of benzene rings is 1. The molecule has 1 aromatic rings. The third-order valence-corrected chi connectivity index (χ3v) is 3.36. The lowest BCUT2D eigenvalue weighted by molar-refractivity contribution is 0.311. The molecule has 18 heavy (non-hydrogen) atoms. The lowest BCUT2D eigenvalue weighted by Crippen LogP contribution is -2.06. The maximum atomic E-state index is 6.11. The van der Waals surface area contributed by atoms with E-state index in [-0.39, 0.29) is 0 Å². The molecule has 102 valence electrons. The van der Waals surface area contributed by atoms with Gasteiger partial charge in [0.1, 0.15) is 5.75 Å². The molecule has 0 bridgehead atoms. The minimum atomic E-state index is 0.485. The Balaban J connectivity index is 2.90. The number of hydrogen-bond donors (Lipinski definition) is 1. The fourth-order valence-electron chi connectivity index (χ4n) is 2.13. The third-order valence-electron chi connectivity index (χ3n) is 3.12. The zero-order valence-corrected chi connectivity index (χ0v) is 12.2. The highest BCUT2D eigenvalue weighted by Crippen LogP contribution is 2.34. The first kappa shape index (κ1) is 15.3. The van der Waals surface area contributed by atoms with Gasteiger partial charge in [-0.2, -0.15) is 0 Å². The minimum absolute atomic E-state index is 0.485. The summed E-state index contributed by atoms with van der Waals surface area (Å²) in [4.78, 5) is 0. The van der Waals surface area contributed by atoms with Crippen molar-refractivity contribution in [1.82, 2.24) is 0 Å². The highest BCUT2D eigenvalue weighted by molar-refractivity contribution is 6.30. The Morgan fingerprint density at radius 1 is 1.33 bits per heavy atom. The summed E-state index contributed by atoms with van der Waals surface area (Å²) >= 11 is 6.11. The molecule has 0 aliphatic rings. The monoisotopic (exact) mass is 269 g/mol. The first-order valence-electron chi connectivity index (χ1n) is 6.85. The predicted molar refractivity (Wildman–Crippen MR) is 78.6 cm³/mol. The van der Waals surface area contributed by atoms with Gasteiger partial charge < -0.3 is 10.5 Å². The van der Waals surface area contributed by atoms with E-state index in [4.69, 9.17) is 22.1 Å². The van der Waals surface area contributed by atoms with Gasteiger partial charge in [0.15, 0.2) is 0 Å². The molecule has 1 aromatic carbocycles. The lowest BCUT2D eigenvalue weighted by atomic mass is 9.91. The van der Waals surface area contributed by atoms with Crippen LogP contribution >= 0.6 is 11.6 Å². The van der Waals surface area contributed by atoms with Crippen LogP contribution in [-0.2, 0) is 0 Å². The average molecular weight is 270 g/mol. The van der Waals surface area contributed by atoms with Gasteiger partial charge in [-0.15, -0.1) is 0 Å². The predicted octanol–water partition coefficient (Wildman–Crippen LogP) is 4.36. The van der Waals surface area contributed by atoms with Crippen LogP contribution in [0.3, 0.4) is 0 Å². The molecule has 0 spiro atoms. The lowest BCUT2D eigenvalue weighted by Gasteiger charge is -2.19. The first-order chi connectivity index (χ1) is 8.72. The number of nitrogens with two attached hydrogens (primary N) is 1. The molecule has 1 unspecified atom stereocenters. The second-order valence-electron chi connectivity index (χ2n) is 4.57. The highest BCUT2D eigenvalue weighted by atomic mass is 35.5. The Labute approximate surface area is 115 Å². The van der Waals surface area contributed by atoms with Crippen LogP contribution in [-0.4, -0.2) is 13.2 Å². The van der Waals surface area contributed by atoms with Crippen molar-refractivity contribution in [2.45, 2.75) is 45.4 Å². The van der Waals surface area contributed by atoms with Crippen molar-refractivity contribution in [2.24, 2.45) is 5.73 Å². The molecule has 0 aliphatic heterocycles. The standard InChI is InChI=1S/C15H24ClNO/c1-3-10-18-15-8-7-13(16)11-14(15)12(4-2)6-5-9-17/h7-8,11-12H,3-6,9-10,17H2,1-2H3. The molecule has 0 aromatic heterocycles. The molecule has 2 N–H and O–H groups in total. The van der Waals surface area contributed by atoms with Gasteiger partial charge in [0.05, 0.1) is 6.61 Å². The second kappa shape index (κ2) is 8.39. The molecule has 0 saturated heterocycles. The Morgan fingerprint density at radius 3 is 2.72 bits per heavy atom. The van der Waals surface area contributed by atoms with Crippen molar-refractivity contribution in [3.8, 4) is 5.75 Å². The molecule has 1 rings (SSSR count). The van der Waals surface area contributed by atoms with Crippen LogP contribution < -0.4 is 10.5 Å². The van der Waals surface area contributed by atoms with Crippen molar-refractivity contribution < 1.29 is 4.74 Å². The quantitative estimate of drug-likeness (QED) is 0.761. The summed E-state index contributed by atoms with van der Waals surface area (Å²) in [5, 5.41) is 0.778. The zero-order valence-electron chi connectivity index (χ0n) is 11.4. The molecule has 0 amide bonds. The van der Waals surface area contributed by atoms with E-state index in [1.54, 1.807) is 0 Å². The van der Waals surface area contributed by atoms with Gasteiger partial charge in [0.2, 0.25) is 0 Å². The summed E-state index contributed by atoms with van der Waals surface area (Å²) in [6.45, 7) is 5.80. The normalized spacial score (nSPS) is 12.4. The third kappa shape index (κ3) is 4.51. The van der Waals surface area contributed by atoms with E-state index in [0.717, 1.165) is 49.6 Å². The van der Waals surface area contributed by atoms with Crippen molar-refractivity contribution in [3.63, 3.8) is 0 Å². The van der Waals surface area contributed by atoms with Gasteiger partial charge in [0, 0.05) is 5.02 Å².